The second kappa shape index (κ2) is 8.59. The number of aliphatic hydroxyl groups is 2. The SMILES string of the molecule is Nc1cc(Cl)c(NC(=O)CCSCC(O)CO)c(Cl)c1. The molecule has 5 nitrogen and oxygen atoms in total. The molecule has 0 spiro atoms. The van der Waals surface area contributed by atoms with Gasteiger partial charge in [-0.15, -0.1) is 0 Å². The predicted molar refractivity (Wildman–Crippen MR) is 84.5 cm³/mol. The molecule has 1 unspecified atom stereocenters. The maximum atomic E-state index is 11.7. The molecule has 0 aromatic heterocycles. The number of aliphatic hydroxyl groups excluding tert-OH is 2. The lowest BCUT2D eigenvalue weighted by atomic mass is 10.2. The number of anilines is 2. The first-order valence-corrected chi connectivity index (χ1v) is 7.76. The number of halogens is 2. The van der Waals surface area contributed by atoms with Crippen LogP contribution in [-0.4, -0.2) is 40.3 Å². The van der Waals surface area contributed by atoms with Crippen molar-refractivity contribution in [3.05, 3.63) is 22.2 Å². The lowest BCUT2D eigenvalue weighted by molar-refractivity contribution is -0.115. The Morgan fingerprint density at radius 2 is 2.00 bits per heavy atom. The van der Waals surface area contributed by atoms with E-state index < -0.39 is 6.10 Å². The van der Waals surface area contributed by atoms with Crippen LogP contribution >= 0.6 is 35.0 Å². The van der Waals surface area contributed by atoms with Crippen molar-refractivity contribution in [2.24, 2.45) is 0 Å². The monoisotopic (exact) mass is 338 g/mol. The van der Waals surface area contributed by atoms with E-state index in [0.29, 0.717) is 22.9 Å². The van der Waals surface area contributed by atoms with Gasteiger partial charge in [-0.1, -0.05) is 23.2 Å². The van der Waals surface area contributed by atoms with Crippen molar-refractivity contribution in [2.45, 2.75) is 12.5 Å². The molecule has 0 aliphatic heterocycles. The number of hydrogen-bond donors (Lipinski definition) is 4. The van der Waals surface area contributed by atoms with Crippen LogP contribution in [0.25, 0.3) is 0 Å². The summed E-state index contributed by atoms with van der Waals surface area (Å²) in [4.78, 5) is 11.7. The zero-order chi connectivity index (χ0) is 15.1. The lowest BCUT2D eigenvalue weighted by Crippen LogP contribution is -2.17. The van der Waals surface area contributed by atoms with Crippen LogP contribution in [-0.2, 0) is 4.79 Å². The number of thioether (sulfide) groups is 1. The Bertz CT molecular complexity index is 451. The molecule has 0 aliphatic rings. The molecule has 0 bridgehead atoms. The summed E-state index contributed by atoms with van der Waals surface area (Å²) >= 11 is 13.3. The molecule has 0 aliphatic carbocycles. The van der Waals surface area contributed by atoms with Crippen molar-refractivity contribution in [2.75, 3.05) is 29.2 Å². The zero-order valence-corrected chi connectivity index (χ0v) is 12.9. The van der Waals surface area contributed by atoms with Crippen LogP contribution in [0, 0.1) is 0 Å². The van der Waals surface area contributed by atoms with Gasteiger partial charge in [-0.25, -0.2) is 0 Å². The van der Waals surface area contributed by atoms with E-state index in [4.69, 9.17) is 39.1 Å². The normalized spacial score (nSPS) is 12.2. The summed E-state index contributed by atoms with van der Waals surface area (Å²) in [5.74, 6) is 0.671. The second-order valence-electron chi connectivity index (χ2n) is 4.07. The van der Waals surface area contributed by atoms with E-state index in [1.165, 1.54) is 23.9 Å². The van der Waals surface area contributed by atoms with Crippen molar-refractivity contribution >= 4 is 52.2 Å². The van der Waals surface area contributed by atoms with Gasteiger partial charge in [-0.2, -0.15) is 11.8 Å². The minimum atomic E-state index is -0.760. The molecular formula is C12H16Cl2N2O3S. The summed E-state index contributed by atoms with van der Waals surface area (Å²) in [7, 11) is 0. The Kier molecular flexibility index (Phi) is 7.47. The van der Waals surface area contributed by atoms with Crippen molar-refractivity contribution < 1.29 is 15.0 Å². The quantitative estimate of drug-likeness (QED) is 0.450. The van der Waals surface area contributed by atoms with Crippen molar-refractivity contribution in [1.82, 2.24) is 0 Å². The molecule has 1 aromatic carbocycles. The summed E-state index contributed by atoms with van der Waals surface area (Å²) in [6.07, 6.45) is -0.510. The van der Waals surface area contributed by atoms with E-state index in [1.54, 1.807) is 0 Å². The van der Waals surface area contributed by atoms with Gasteiger partial charge in [0.25, 0.3) is 0 Å². The largest absolute Gasteiger partial charge is 0.399 e. The Labute approximate surface area is 131 Å². The van der Waals surface area contributed by atoms with Gasteiger partial charge in [0.1, 0.15) is 0 Å². The number of nitrogen functional groups attached to an aromatic ring is 1. The first kappa shape index (κ1) is 17.4. The van der Waals surface area contributed by atoms with Crippen LogP contribution in [0.2, 0.25) is 10.0 Å². The summed E-state index contributed by atoms with van der Waals surface area (Å²) in [5.41, 5.74) is 6.33. The number of hydrogen-bond acceptors (Lipinski definition) is 5. The fourth-order valence-corrected chi connectivity index (χ4v) is 2.82. The highest BCUT2D eigenvalue weighted by Gasteiger charge is 2.11. The zero-order valence-electron chi connectivity index (χ0n) is 10.6. The van der Waals surface area contributed by atoms with Crippen LogP contribution < -0.4 is 11.1 Å². The Hall–Kier alpha value is -0.660. The summed E-state index contributed by atoms with van der Waals surface area (Å²) in [5, 5.41) is 21.0. The molecular weight excluding hydrogens is 323 g/mol. The molecule has 0 saturated carbocycles. The van der Waals surface area contributed by atoms with E-state index in [-0.39, 0.29) is 29.0 Å². The van der Waals surface area contributed by atoms with Crippen LogP contribution in [0.5, 0.6) is 0 Å². The smallest absolute Gasteiger partial charge is 0.225 e. The minimum Gasteiger partial charge on any atom is -0.399 e. The van der Waals surface area contributed by atoms with Gasteiger partial charge >= 0.3 is 0 Å². The van der Waals surface area contributed by atoms with Gasteiger partial charge in [-0.05, 0) is 12.1 Å². The second-order valence-corrected chi connectivity index (χ2v) is 6.03. The Morgan fingerprint density at radius 1 is 1.40 bits per heavy atom. The van der Waals surface area contributed by atoms with Gasteiger partial charge in [0.05, 0.1) is 28.4 Å². The fraction of sp³-hybridized carbons (Fsp3) is 0.417. The van der Waals surface area contributed by atoms with Gasteiger partial charge < -0.3 is 21.3 Å². The molecule has 1 amide bonds. The average Bonchev–Trinajstić information content (AvgIpc) is 2.38. The number of nitrogens with two attached hydrogens (primary N) is 1. The van der Waals surface area contributed by atoms with Gasteiger partial charge in [0.15, 0.2) is 0 Å². The predicted octanol–water partition coefficient (Wildman–Crippen LogP) is 1.99. The average molecular weight is 339 g/mol. The van der Waals surface area contributed by atoms with Crippen LogP contribution in [0.4, 0.5) is 11.4 Å². The molecule has 0 radical (unpaired) electrons. The van der Waals surface area contributed by atoms with Crippen LogP contribution in [0.3, 0.4) is 0 Å². The van der Waals surface area contributed by atoms with E-state index in [2.05, 4.69) is 5.32 Å². The van der Waals surface area contributed by atoms with Crippen molar-refractivity contribution in [1.29, 1.82) is 0 Å². The molecule has 0 fully saturated rings. The number of carbonyl (C=O) groups is 1. The number of nitrogens with one attached hydrogen (secondary N) is 1. The van der Waals surface area contributed by atoms with Crippen LogP contribution in [0.15, 0.2) is 12.1 Å². The highest BCUT2D eigenvalue weighted by atomic mass is 35.5. The maximum Gasteiger partial charge on any atom is 0.225 e. The summed E-state index contributed by atoms with van der Waals surface area (Å²) in [6.45, 7) is -0.282. The highest BCUT2D eigenvalue weighted by Crippen LogP contribution is 2.32. The molecule has 1 aromatic rings. The molecule has 0 saturated heterocycles. The van der Waals surface area contributed by atoms with E-state index in [0.717, 1.165) is 0 Å². The minimum absolute atomic E-state index is 0.232. The van der Waals surface area contributed by atoms with E-state index >= 15 is 0 Å². The number of benzene rings is 1. The molecule has 8 heteroatoms. The molecule has 20 heavy (non-hydrogen) atoms. The molecule has 1 atom stereocenters. The molecule has 5 N–H and O–H groups in total. The first-order chi connectivity index (χ1) is 9.43. The fourth-order valence-electron chi connectivity index (χ4n) is 1.35. The summed E-state index contributed by atoms with van der Waals surface area (Å²) in [6, 6.07) is 3.02. The third-order valence-electron chi connectivity index (χ3n) is 2.32. The molecule has 112 valence electrons. The highest BCUT2D eigenvalue weighted by molar-refractivity contribution is 7.99. The Morgan fingerprint density at radius 3 is 2.55 bits per heavy atom. The topological polar surface area (TPSA) is 95.6 Å². The van der Waals surface area contributed by atoms with E-state index in [9.17, 15) is 4.79 Å². The van der Waals surface area contributed by atoms with Gasteiger partial charge in [0.2, 0.25) is 5.91 Å². The third kappa shape index (κ3) is 5.76. The number of amides is 1. The number of carbonyl (C=O) groups excluding carboxylic acids is 1. The van der Waals surface area contributed by atoms with Gasteiger partial charge in [0, 0.05) is 23.6 Å². The molecule has 1 rings (SSSR count). The van der Waals surface area contributed by atoms with Crippen molar-refractivity contribution in [3.63, 3.8) is 0 Å². The van der Waals surface area contributed by atoms with Gasteiger partial charge in [-0.3, -0.25) is 4.79 Å². The maximum absolute atomic E-state index is 11.7. The third-order valence-corrected chi connectivity index (χ3v) is 4.03. The standard InChI is InChI=1S/C12H16Cl2N2O3S/c13-9-3-7(15)4-10(14)12(9)16-11(19)1-2-20-6-8(18)5-17/h3-4,8,17-18H,1-2,5-6,15H2,(H,16,19). The summed E-state index contributed by atoms with van der Waals surface area (Å²) < 4.78 is 0. The number of rotatable bonds is 7. The molecule has 0 heterocycles. The van der Waals surface area contributed by atoms with E-state index in [1.807, 2.05) is 0 Å². The first-order valence-electron chi connectivity index (χ1n) is 5.85. The lowest BCUT2D eigenvalue weighted by Gasteiger charge is -2.10. The Balaban J connectivity index is 2.43. The van der Waals surface area contributed by atoms with Crippen LogP contribution in [0.1, 0.15) is 6.42 Å². The van der Waals surface area contributed by atoms with Crippen molar-refractivity contribution in [3.8, 4) is 0 Å².